The first-order valence-corrected chi connectivity index (χ1v) is 8.28. The number of nitrogens with zero attached hydrogens (tertiary/aromatic N) is 4. The topological polar surface area (TPSA) is 63.1 Å². The molecule has 2 heterocycles. The predicted octanol–water partition coefficient (Wildman–Crippen LogP) is 2.22. The van der Waals surface area contributed by atoms with E-state index < -0.39 is 0 Å². The number of rotatable bonds is 6. The lowest BCUT2D eigenvalue weighted by atomic mass is 10.1. The number of nitrogens with one attached hydrogen (secondary N) is 1. The lowest BCUT2D eigenvalue weighted by molar-refractivity contribution is 0.0950. The van der Waals surface area contributed by atoms with E-state index in [1.807, 2.05) is 28.8 Å². The van der Waals surface area contributed by atoms with Gasteiger partial charge in [0.25, 0.3) is 5.91 Å². The molecule has 23 heavy (non-hydrogen) atoms. The van der Waals surface area contributed by atoms with E-state index in [9.17, 15) is 4.79 Å². The second-order valence-electron chi connectivity index (χ2n) is 5.83. The van der Waals surface area contributed by atoms with Gasteiger partial charge in [-0.05, 0) is 31.4 Å². The zero-order chi connectivity index (χ0) is 16.1. The van der Waals surface area contributed by atoms with Crippen LogP contribution in [0.15, 0.2) is 30.6 Å². The van der Waals surface area contributed by atoms with Crippen LogP contribution in [0.4, 0.5) is 5.69 Å². The van der Waals surface area contributed by atoms with Crippen molar-refractivity contribution in [2.45, 2.75) is 39.3 Å². The van der Waals surface area contributed by atoms with Crippen LogP contribution in [0, 0.1) is 0 Å². The van der Waals surface area contributed by atoms with Crippen molar-refractivity contribution in [1.82, 2.24) is 20.1 Å². The van der Waals surface area contributed by atoms with E-state index in [-0.39, 0.29) is 5.91 Å². The summed E-state index contributed by atoms with van der Waals surface area (Å²) >= 11 is 0. The van der Waals surface area contributed by atoms with Crippen LogP contribution in [0.25, 0.3) is 0 Å². The predicted molar refractivity (Wildman–Crippen MR) is 89.4 cm³/mol. The Balaban J connectivity index is 1.70. The van der Waals surface area contributed by atoms with Gasteiger partial charge in [-0.3, -0.25) is 4.79 Å². The highest BCUT2D eigenvalue weighted by molar-refractivity contribution is 5.99. The third kappa shape index (κ3) is 3.52. The van der Waals surface area contributed by atoms with Crippen LogP contribution in [0.3, 0.4) is 0 Å². The van der Waals surface area contributed by atoms with Crippen molar-refractivity contribution in [3.63, 3.8) is 0 Å². The minimum Gasteiger partial charge on any atom is -0.371 e. The van der Waals surface area contributed by atoms with E-state index in [2.05, 4.69) is 27.3 Å². The van der Waals surface area contributed by atoms with Crippen molar-refractivity contribution in [1.29, 1.82) is 0 Å². The van der Waals surface area contributed by atoms with Gasteiger partial charge in [-0.15, -0.1) is 10.2 Å². The normalized spacial score (nSPS) is 14.2. The Bertz CT molecular complexity index is 661. The summed E-state index contributed by atoms with van der Waals surface area (Å²) in [5.74, 6) is 0.734. The Morgan fingerprint density at radius 3 is 2.83 bits per heavy atom. The number of anilines is 1. The summed E-state index contributed by atoms with van der Waals surface area (Å²) in [7, 11) is 0. The van der Waals surface area contributed by atoms with Gasteiger partial charge < -0.3 is 14.8 Å². The molecule has 1 aliphatic rings. The highest BCUT2D eigenvalue weighted by Gasteiger charge is 2.19. The van der Waals surface area contributed by atoms with Crippen LogP contribution in [-0.2, 0) is 13.1 Å². The number of para-hydroxylation sites is 1. The first kappa shape index (κ1) is 15.5. The lowest BCUT2D eigenvalue weighted by Crippen LogP contribution is -2.28. The largest absolute Gasteiger partial charge is 0.371 e. The average Bonchev–Trinajstić information content (AvgIpc) is 3.25. The van der Waals surface area contributed by atoms with Crippen LogP contribution in [0.2, 0.25) is 0 Å². The number of hydrogen-bond donors (Lipinski definition) is 1. The van der Waals surface area contributed by atoms with Gasteiger partial charge in [0.2, 0.25) is 0 Å². The van der Waals surface area contributed by atoms with Crippen LogP contribution in [0.5, 0.6) is 0 Å². The average molecular weight is 313 g/mol. The molecule has 3 rings (SSSR count). The molecule has 2 aromatic rings. The van der Waals surface area contributed by atoms with E-state index in [1.54, 1.807) is 6.33 Å². The van der Waals surface area contributed by atoms with Gasteiger partial charge in [0.05, 0.1) is 12.1 Å². The molecule has 0 aliphatic carbocycles. The first-order valence-electron chi connectivity index (χ1n) is 8.28. The van der Waals surface area contributed by atoms with E-state index in [4.69, 9.17) is 0 Å². The van der Waals surface area contributed by atoms with Crippen molar-refractivity contribution < 1.29 is 4.79 Å². The fraction of sp³-hybridized carbons (Fsp3) is 0.471. The number of hydrogen-bond acceptors (Lipinski definition) is 4. The molecule has 0 spiro atoms. The smallest absolute Gasteiger partial charge is 0.253 e. The number of benzene rings is 1. The summed E-state index contributed by atoms with van der Waals surface area (Å²) < 4.78 is 1.98. The third-order valence-corrected chi connectivity index (χ3v) is 4.16. The molecule has 1 aromatic heterocycles. The zero-order valence-electron chi connectivity index (χ0n) is 13.5. The molecule has 6 nitrogen and oxygen atoms in total. The molecule has 1 N–H and O–H groups in total. The van der Waals surface area contributed by atoms with Gasteiger partial charge in [0, 0.05) is 25.3 Å². The maximum atomic E-state index is 12.6. The van der Waals surface area contributed by atoms with Gasteiger partial charge >= 0.3 is 0 Å². The minimum absolute atomic E-state index is 0.0569. The first-order chi connectivity index (χ1) is 11.3. The molecule has 0 atom stereocenters. The summed E-state index contributed by atoms with van der Waals surface area (Å²) in [4.78, 5) is 14.9. The van der Waals surface area contributed by atoms with Crippen molar-refractivity contribution in [2.24, 2.45) is 0 Å². The van der Waals surface area contributed by atoms with Gasteiger partial charge in [-0.25, -0.2) is 0 Å². The van der Waals surface area contributed by atoms with Crippen molar-refractivity contribution in [2.75, 3.05) is 18.0 Å². The van der Waals surface area contributed by atoms with Gasteiger partial charge in [-0.2, -0.15) is 0 Å². The monoisotopic (exact) mass is 313 g/mol. The van der Waals surface area contributed by atoms with E-state index >= 15 is 0 Å². The molecule has 0 bridgehead atoms. The molecule has 1 aromatic carbocycles. The molecule has 1 fully saturated rings. The molecule has 0 radical (unpaired) electrons. The maximum absolute atomic E-state index is 12.6. The van der Waals surface area contributed by atoms with E-state index in [0.29, 0.717) is 6.54 Å². The molecule has 122 valence electrons. The molecule has 0 saturated carbocycles. The highest BCUT2D eigenvalue weighted by atomic mass is 16.1. The maximum Gasteiger partial charge on any atom is 0.253 e. The molecule has 1 amide bonds. The second-order valence-corrected chi connectivity index (χ2v) is 5.83. The molecule has 1 aliphatic heterocycles. The van der Waals surface area contributed by atoms with Crippen LogP contribution in [0.1, 0.15) is 42.4 Å². The van der Waals surface area contributed by atoms with Crippen molar-refractivity contribution >= 4 is 11.6 Å². The molecule has 0 unspecified atom stereocenters. The SMILES string of the molecule is CCCn1cnnc1CNC(=O)c1ccccc1N1CCCC1. The Morgan fingerprint density at radius 2 is 2.04 bits per heavy atom. The molecule has 1 saturated heterocycles. The van der Waals surface area contributed by atoms with Gasteiger partial charge in [0.1, 0.15) is 6.33 Å². The quantitative estimate of drug-likeness (QED) is 0.888. The Hall–Kier alpha value is -2.37. The summed E-state index contributed by atoms with van der Waals surface area (Å²) in [6.45, 7) is 5.41. The number of aromatic nitrogens is 3. The van der Waals surface area contributed by atoms with Crippen LogP contribution >= 0.6 is 0 Å². The highest BCUT2D eigenvalue weighted by Crippen LogP contribution is 2.24. The Morgan fingerprint density at radius 1 is 1.26 bits per heavy atom. The summed E-state index contributed by atoms with van der Waals surface area (Å²) in [5, 5.41) is 11.0. The Labute approximate surface area is 136 Å². The van der Waals surface area contributed by atoms with Gasteiger partial charge in [-0.1, -0.05) is 19.1 Å². The van der Waals surface area contributed by atoms with Crippen LogP contribution < -0.4 is 10.2 Å². The fourth-order valence-electron chi connectivity index (χ4n) is 3.00. The second kappa shape index (κ2) is 7.26. The molecular weight excluding hydrogens is 290 g/mol. The van der Waals surface area contributed by atoms with E-state index in [0.717, 1.165) is 43.1 Å². The van der Waals surface area contributed by atoms with Crippen LogP contribution in [-0.4, -0.2) is 33.8 Å². The van der Waals surface area contributed by atoms with E-state index in [1.165, 1.54) is 12.8 Å². The summed E-state index contributed by atoms with van der Waals surface area (Å²) in [6, 6.07) is 7.82. The number of carbonyl (C=O) groups is 1. The standard InChI is InChI=1S/C17H23N5O/c1-2-9-22-13-19-20-16(22)12-18-17(23)14-7-3-4-8-15(14)21-10-5-6-11-21/h3-4,7-8,13H,2,5-6,9-12H2,1H3,(H,18,23). The minimum atomic E-state index is -0.0569. The summed E-state index contributed by atoms with van der Waals surface area (Å²) in [5.41, 5.74) is 1.76. The summed E-state index contributed by atoms with van der Waals surface area (Å²) in [6.07, 6.45) is 5.10. The van der Waals surface area contributed by atoms with Crippen molar-refractivity contribution in [3.8, 4) is 0 Å². The molecular formula is C17H23N5O. The molecule has 6 heteroatoms. The fourth-order valence-corrected chi connectivity index (χ4v) is 3.00. The zero-order valence-corrected chi connectivity index (χ0v) is 13.5. The lowest BCUT2D eigenvalue weighted by Gasteiger charge is -2.20. The van der Waals surface area contributed by atoms with Crippen molar-refractivity contribution in [3.05, 3.63) is 42.0 Å². The Kier molecular flexibility index (Phi) is 4.90. The van der Waals surface area contributed by atoms with Gasteiger partial charge in [0.15, 0.2) is 5.82 Å². The third-order valence-electron chi connectivity index (χ3n) is 4.16. The number of carbonyl (C=O) groups excluding carboxylic acids is 1. The number of amides is 1. The number of aryl methyl sites for hydroxylation is 1.